The van der Waals surface area contributed by atoms with E-state index in [1.54, 1.807) is 19.1 Å². The Balaban J connectivity index is 1.71. The summed E-state index contributed by atoms with van der Waals surface area (Å²) in [5.41, 5.74) is 3.00. The topological polar surface area (TPSA) is 68.5 Å². The van der Waals surface area contributed by atoms with Crippen LogP contribution in [0.4, 0.5) is 5.69 Å². The summed E-state index contributed by atoms with van der Waals surface area (Å²) >= 11 is 0. The highest BCUT2D eigenvalue weighted by Gasteiger charge is 2.24. The molecular formula is C20H19NO4. The van der Waals surface area contributed by atoms with Crippen molar-refractivity contribution in [2.45, 2.75) is 26.9 Å². The van der Waals surface area contributed by atoms with Gasteiger partial charge in [0.2, 0.25) is 5.76 Å². The Morgan fingerprint density at radius 1 is 1.08 bits per heavy atom. The molecule has 3 rings (SSSR count). The fourth-order valence-corrected chi connectivity index (χ4v) is 2.60. The van der Waals surface area contributed by atoms with Gasteiger partial charge in [0.1, 0.15) is 5.58 Å². The van der Waals surface area contributed by atoms with E-state index >= 15 is 0 Å². The minimum absolute atomic E-state index is 0.122. The maximum atomic E-state index is 12.4. The van der Waals surface area contributed by atoms with Crippen LogP contribution in [0.1, 0.15) is 28.6 Å². The van der Waals surface area contributed by atoms with Crippen molar-refractivity contribution in [2.24, 2.45) is 0 Å². The Morgan fingerprint density at radius 2 is 1.84 bits per heavy atom. The second-order valence-electron chi connectivity index (χ2n) is 5.96. The van der Waals surface area contributed by atoms with Crippen LogP contribution < -0.4 is 5.32 Å². The van der Waals surface area contributed by atoms with Crippen molar-refractivity contribution in [1.29, 1.82) is 0 Å². The lowest BCUT2D eigenvalue weighted by Crippen LogP contribution is -2.30. The quantitative estimate of drug-likeness (QED) is 0.723. The van der Waals surface area contributed by atoms with Crippen LogP contribution in [0.2, 0.25) is 0 Å². The zero-order valence-corrected chi connectivity index (χ0v) is 14.3. The van der Waals surface area contributed by atoms with Crippen LogP contribution in [0.25, 0.3) is 11.0 Å². The van der Waals surface area contributed by atoms with Crippen molar-refractivity contribution in [2.75, 3.05) is 5.32 Å². The van der Waals surface area contributed by atoms with E-state index in [0.717, 1.165) is 10.9 Å². The van der Waals surface area contributed by atoms with Gasteiger partial charge in [-0.2, -0.15) is 0 Å². The molecule has 0 aliphatic rings. The molecule has 0 radical (unpaired) electrons. The molecule has 0 saturated heterocycles. The minimum atomic E-state index is -0.944. The van der Waals surface area contributed by atoms with Gasteiger partial charge in [-0.05, 0) is 44.5 Å². The van der Waals surface area contributed by atoms with Gasteiger partial charge in [-0.1, -0.05) is 30.3 Å². The van der Waals surface area contributed by atoms with E-state index in [0.29, 0.717) is 16.8 Å². The molecule has 1 N–H and O–H groups in total. The van der Waals surface area contributed by atoms with E-state index in [9.17, 15) is 9.59 Å². The normalized spacial score (nSPS) is 12.0. The zero-order chi connectivity index (χ0) is 18.0. The summed E-state index contributed by atoms with van der Waals surface area (Å²) in [4.78, 5) is 24.6. The number of aryl methyl sites for hydroxylation is 2. The number of esters is 1. The first-order valence-corrected chi connectivity index (χ1v) is 8.02. The number of furan rings is 1. The number of fused-ring (bicyclic) bond motifs is 1. The molecule has 0 bridgehead atoms. The molecule has 0 unspecified atom stereocenters. The standard InChI is InChI=1S/C20H19NO4/c1-12-7-6-8-15(11-12)21-19(22)14(3)24-20(23)18-13(2)16-9-4-5-10-17(16)25-18/h4-11,14H,1-3H3,(H,21,22)/t14-/m1/s1. The molecule has 0 aliphatic heterocycles. The van der Waals surface area contributed by atoms with Crippen molar-refractivity contribution < 1.29 is 18.7 Å². The predicted octanol–water partition coefficient (Wildman–Crippen LogP) is 4.23. The molecule has 0 fully saturated rings. The summed E-state index contributed by atoms with van der Waals surface area (Å²) in [5, 5.41) is 3.59. The maximum Gasteiger partial charge on any atom is 0.375 e. The smallest absolute Gasteiger partial charge is 0.375 e. The fraction of sp³-hybridized carbons (Fsp3) is 0.200. The number of hydrogen-bond acceptors (Lipinski definition) is 4. The van der Waals surface area contributed by atoms with Crippen LogP contribution in [0.3, 0.4) is 0 Å². The molecular weight excluding hydrogens is 318 g/mol. The Labute approximate surface area is 145 Å². The lowest BCUT2D eigenvalue weighted by Gasteiger charge is -2.13. The number of carbonyl (C=O) groups excluding carboxylic acids is 2. The highest BCUT2D eigenvalue weighted by molar-refractivity contribution is 5.99. The van der Waals surface area contributed by atoms with Gasteiger partial charge in [0.15, 0.2) is 6.10 Å². The number of anilines is 1. The maximum absolute atomic E-state index is 12.4. The van der Waals surface area contributed by atoms with Crippen molar-refractivity contribution in [3.63, 3.8) is 0 Å². The molecule has 0 aliphatic carbocycles. The van der Waals surface area contributed by atoms with E-state index in [-0.39, 0.29) is 5.76 Å². The highest BCUT2D eigenvalue weighted by Crippen LogP contribution is 2.25. The van der Waals surface area contributed by atoms with Gasteiger partial charge in [-0.15, -0.1) is 0 Å². The minimum Gasteiger partial charge on any atom is -0.449 e. The summed E-state index contributed by atoms with van der Waals surface area (Å²) in [6, 6.07) is 14.8. The second kappa shape index (κ2) is 6.81. The predicted molar refractivity (Wildman–Crippen MR) is 95.6 cm³/mol. The van der Waals surface area contributed by atoms with Crippen molar-refractivity contribution >= 4 is 28.5 Å². The van der Waals surface area contributed by atoms with Crippen LogP contribution in [0.5, 0.6) is 0 Å². The van der Waals surface area contributed by atoms with Crippen LogP contribution in [0.15, 0.2) is 52.9 Å². The molecule has 2 aromatic carbocycles. The lowest BCUT2D eigenvalue weighted by atomic mass is 10.1. The van der Waals surface area contributed by atoms with Crippen molar-refractivity contribution in [1.82, 2.24) is 0 Å². The lowest BCUT2D eigenvalue weighted by molar-refractivity contribution is -0.123. The monoisotopic (exact) mass is 337 g/mol. The first-order chi connectivity index (χ1) is 12.0. The molecule has 0 spiro atoms. The molecule has 3 aromatic rings. The van der Waals surface area contributed by atoms with E-state index in [1.807, 2.05) is 43.3 Å². The third kappa shape index (κ3) is 3.55. The third-order valence-corrected chi connectivity index (χ3v) is 3.97. The van der Waals surface area contributed by atoms with Crippen LogP contribution in [-0.4, -0.2) is 18.0 Å². The van der Waals surface area contributed by atoms with Gasteiger partial charge in [-0.3, -0.25) is 4.79 Å². The van der Waals surface area contributed by atoms with E-state index in [4.69, 9.17) is 9.15 Å². The number of rotatable bonds is 4. The van der Waals surface area contributed by atoms with E-state index in [2.05, 4.69) is 5.32 Å². The van der Waals surface area contributed by atoms with Crippen molar-refractivity contribution in [3.05, 3.63) is 65.4 Å². The largest absolute Gasteiger partial charge is 0.449 e. The Morgan fingerprint density at radius 3 is 2.56 bits per heavy atom. The van der Waals surface area contributed by atoms with Crippen LogP contribution in [0, 0.1) is 13.8 Å². The molecule has 0 saturated carbocycles. The Hall–Kier alpha value is -3.08. The van der Waals surface area contributed by atoms with Crippen LogP contribution >= 0.6 is 0 Å². The summed E-state index contributed by atoms with van der Waals surface area (Å²) in [6.07, 6.45) is -0.944. The van der Waals surface area contributed by atoms with Gasteiger partial charge in [0.25, 0.3) is 5.91 Å². The van der Waals surface area contributed by atoms with Gasteiger partial charge in [0.05, 0.1) is 0 Å². The van der Waals surface area contributed by atoms with Crippen LogP contribution in [-0.2, 0) is 9.53 Å². The zero-order valence-electron chi connectivity index (χ0n) is 14.3. The number of amides is 1. The first kappa shape index (κ1) is 16.8. The summed E-state index contributed by atoms with van der Waals surface area (Å²) in [5.74, 6) is -0.926. The highest BCUT2D eigenvalue weighted by atomic mass is 16.6. The molecule has 1 heterocycles. The Bertz CT molecular complexity index is 942. The van der Waals surface area contributed by atoms with Gasteiger partial charge < -0.3 is 14.5 Å². The number of hydrogen-bond donors (Lipinski definition) is 1. The summed E-state index contributed by atoms with van der Waals surface area (Å²) in [6.45, 7) is 5.25. The number of benzene rings is 2. The third-order valence-electron chi connectivity index (χ3n) is 3.97. The van der Waals surface area contributed by atoms with E-state index < -0.39 is 18.0 Å². The fourth-order valence-electron chi connectivity index (χ4n) is 2.60. The summed E-state index contributed by atoms with van der Waals surface area (Å²) in [7, 11) is 0. The molecule has 1 amide bonds. The molecule has 5 heteroatoms. The first-order valence-electron chi connectivity index (χ1n) is 8.02. The molecule has 1 aromatic heterocycles. The van der Waals surface area contributed by atoms with Gasteiger partial charge in [0, 0.05) is 16.6 Å². The van der Waals surface area contributed by atoms with Crippen molar-refractivity contribution in [3.8, 4) is 0 Å². The Kier molecular flexibility index (Phi) is 4.57. The van der Waals surface area contributed by atoms with E-state index in [1.165, 1.54) is 6.92 Å². The number of ether oxygens (including phenoxy) is 1. The van der Waals surface area contributed by atoms with Gasteiger partial charge in [-0.25, -0.2) is 4.79 Å². The average molecular weight is 337 g/mol. The number of para-hydroxylation sites is 1. The number of nitrogens with one attached hydrogen (secondary N) is 1. The number of carbonyl (C=O) groups is 2. The molecule has 25 heavy (non-hydrogen) atoms. The average Bonchev–Trinajstić information content (AvgIpc) is 2.92. The van der Waals surface area contributed by atoms with Gasteiger partial charge >= 0.3 is 5.97 Å². The molecule has 5 nitrogen and oxygen atoms in total. The SMILES string of the molecule is Cc1cccc(NC(=O)[C@@H](C)OC(=O)c2oc3ccccc3c2C)c1. The molecule has 128 valence electrons. The summed E-state index contributed by atoms with van der Waals surface area (Å²) < 4.78 is 10.8. The molecule has 1 atom stereocenters. The second-order valence-corrected chi connectivity index (χ2v) is 5.96.